The Bertz CT molecular complexity index is 136. The Hall–Kier alpha value is -0.610. The fraction of sp³-hybridized carbons (Fsp3) is 0.900. The van der Waals surface area contributed by atoms with Crippen LogP contribution in [0.3, 0.4) is 0 Å². The first-order valence-corrected chi connectivity index (χ1v) is 5.20. The quantitative estimate of drug-likeness (QED) is 0.701. The van der Waals surface area contributed by atoms with Gasteiger partial charge in [0.2, 0.25) is 5.91 Å². The monoisotopic (exact) mass is 203 g/mol. The zero-order chi connectivity index (χ0) is 10.8. The standard InChI is InChI=1S/C6H14O2.C4H7NO/c1-4-7-6(3)8-5-2;6-4-2-1-3-5-4/h6H,4-5H2,1-3H3;1-3H2,(H,5,6). The lowest BCUT2D eigenvalue weighted by Gasteiger charge is -2.09. The smallest absolute Gasteiger partial charge is 0.220 e. The van der Waals surface area contributed by atoms with Crippen molar-refractivity contribution in [3.63, 3.8) is 0 Å². The van der Waals surface area contributed by atoms with E-state index in [-0.39, 0.29) is 12.2 Å². The molecule has 0 aromatic rings. The molecule has 0 aromatic carbocycles. The minimum absolute atomic E-state index is 0.0370. The van der Waals surface area contributed by atoms with Crippen molar-refractivity contribution < 1.29 is 14.3 Å². The summed E-state index contributed by atoms with van der Waals surface area (Å²) in [6.45, 7) is 8.14. The molecule has 0 unspecified atom stereocenters. The van der Waals surface area contributed by atoms with E-state index >= 15 is 0 Å². The van der Waals surface area contributed by atoms with Crippen molar-refractivity contribution in [2.24, 2.45) is 0 Å². The molecule has 0 radical (unpaired) electrons. The van der Waals surface area contributed by atoms with Gasteiger partial charge in [-0.25, -0.2) is 0 Å². The molecule has 1 saturated heterocycles. The van der Waals surface area contributed by atoms with Gasteiger partial charge in [-0.05, 0) is 27.2 Å². The molecule has 0 spiro atoms. The zero-order valence-corrected chi connectivity index (χ0v) is 9.34. The van der Waals surface area contributed by atoms with Crippen molar-refractivity contribution in [2.45, 2.75) is 39.9 Å². The van der Waals surface area contributed by atoms with Crippen LogP contribution in [0.5, 0.6) is 0 Å². The van der Waals surface area contributed by atoms with Gasteiger partial charge in [0.05, 0.1) is 0 Å². The molecule has 1 aliphatic heterocycles. The molecular formula is C10H21NO3. The van der Waals surface area contributed by atoms with Crippen molar-refractivity contribution >= 4 is 5.91 Å². The molecule has 0 aliphatic carbocycles. The van der Waals surface area contributed by atoms with E-state index in [1.54, 1.807) is 0 Å². The molecule has 1 aliphatic rings. The molecule has 1 amide bonds. The van der Waals surface area contributed by atoms with E-state index < -0.39 is 0 Å². The Morgan fingerprint density at radius 2 is 1.93 bits per heavy atom. The van der Waals surface area contributed by atoms with Gasteiger partial charge in [-0.15, -0.1) is 0 Å². The number of hydrogen-bond donors (Lipinski definition) is 1. The van der Waals surface area contributed by atoms with Gasteiger partial charge in [0.25, 0.3) is 0 Å². The molecule has 0 aromatic heterocycles. The summed E-state index contributed by atoms with van der Waals surface area (Å²) in [6.07, 6.45) is 1.73. The largest absolute Gasteiger partial charge is 0.356 e. The molecule has 4 heteroatoms. The summed E-state index contributed by atoms with van der Waals surface area (Å²) in [7, 11) is 0. The normalized spacial score (nSPS) is 15.0. The predicted octanol–water partition coefficient (Wildman–Crippen LogP) is 1.30. The Balaban J connectivity index is 0.000000249. The van der Waals surface area contributed by atoms with Crippen LogP contribution in [0.4, 0.5) is 0 Å². The molecule has 1 fully saturated rings. The fourth-order valence-corrected chi connectivity index (χ4v) is 1.08. The minimum Gasteiger partial charge on any atom is -0.356 e. The molecule has 14 heavy (non-hydrogen) atoms. The summed E-state index contributed by atoms with van der Waals surface area (Å²) >= 11 is 0. The molecule has 4 nitrogen and oxygen atoms in total. The second-order valence-electron chi connectivity index (χ2n) is 2.93. The second-order valence-corrected chi connectivity index (χ2v) is 2.93. The number of nitrogens with one attached hydrogen (secondary N) is 1. The maximum Gasteiger partial charge on any atom is 0.220 e. The SMILES string of the molecule is CCOC(C)OCC.O=C1CCCN1. The predicted molar refractivity (Wildman–Crippen MR) is 55.0 cm³/mol. The number of amides is 1. The third kappa shape index (κ3) is 8.01. The van der Waals surface area contributed by atoms with Crippen molar-refractivity contribution in [1.82, 2.24) is 5.32 Å². The molecule has 1 N–H and O–H groups in total. The van der Waals surface area contributed by atoms with Gasteiger partial charge in [-0.2, -0.15) is 0 Å². The number of hydrogen-bond acceptors (Lipinski definition) is 3. The van der Waals surface area contributed by atoms with Crippen molar-refractivity contribution in [2.75, 3.05) is 19.8 Å². The average molecular weight is 203 g/mol. The van der Waals surface area contributed by atoms with Crippen molar-refractivity contribution in [3.8, 4) is 0 Å². The highest BCUT2D eigenvalue weighted by atomic mass is 16.7. The molecule has 84 valence electrons. The van der Waals surface area contributed by atoms with E-state index in [0.29, 0.717) is 0 Å². The lowest BCUT2D eigenvalue weighted by Crippen LogP contribution is -2.12. The van der Waals surface area contributed by atoms with Gasteiger partial charge in [-0.1, -0.05) is 0 Å². The lowest BCUT2D eigenvalue weighted by atomic mass is 10.4. The number of ether oxygens (including phenoxy) is 2. The third-order valence-electron chi connectivity index (χ3n) is 1.71. The molecule has 1 rings (SSSR count). The zero-order valence-electron chi connectivity index (χ0n) is 9.34. The topological polar surface area (TPSA) is 47.6 Å². The Morgan fingerprint density at radius 1 is 1.36 bits per heavy atom. The molecule has 1 heterocycles. The highest BCUT2D eigenvalue weighted by molar-refractivity contribution is 5.77. The Labute approximate surface area is 86.0 Å². The highest BCUT2D eigenvalue weighted by Crippen LogP contribution is 1.93. The number of carbonyl (C=O) groups is 1. The van der Waals surface area contributed by atoms with Gasteiger partial charge in [0.15, 0.2) is 6.29 Å². The van der Waals surface area contributed by atoms with Crippen LogP contribution in [0, 0.1) is 0 Å². The van der Waals surface area contributed by atoms with Gasteiger partial charge < -0.3 is 14.8 Å². The molecule has 0 bridgehead atoms. The van der Waals surface area contributed by atoms with Crippen LogP contribution in [-0.2, 0) is 14.3 Å². The van der Waals surface area contributed by atoms with Crippen LogP contribution >= 0.6 is 0 Å². The van der Waals surface area contributed by atoms with Crippen LogP contribution in [-0.4, -0.2) is 32.0 Å². The molecular weight excluding hydrogens is 182 g/mol. The van der Waals surface area contributed by atoms with Crippen molar-refractivity contribution in [3.05, 3.63) is 0 Å². The molecule has 0 saturated carbocycles. The van der Waals surface area contributed by atoms with E-state index in [2.05, 4.69) is 5.32 Å². The fourth-order valence-electron chi connectivity index (χ4n) is 1.08. The summed E-state index contributed by atoms with van der Waals surface area (Å²) in [4.78, 5) is 10.1. The van der Waals surface area contributed by atoms with Gasteiger partial charge >= 0.3 is 0 Å². The van der Waals surface area contributed by atoms with Crippen LogP contribution in [0.2, 0.25) is 0 Å². The third-order valence-corrected chi connectivity index (χ3v) is 1.71. The first-order chi connectivity index (χ1) is 6.70. The van der Waals surface area contributed by atoms with Gasteiger partial charge in [-0.3, -0.25) is 4.79 Å². The highest BCUT2D eigenvalue weighted by Gasteiger charge is 2.05. The van der Waals surface area contributed by atoms with Crippen LogP contribution in [0.1, 0.15) is 33.6 Å². The van der Waals surface area contributed by atoms with Crippen molar-refractivity contribution in [1.29, 1.82) is 0 Å². The van der Waals surface area contributed by atoms with E-state index in [1.165, 1.54) is 0 Å². The Morgan fingerprint density at radius 3 is 2.14 bits per heavy atom. The molecule has 0 atom stereocenters. The summed E-state index contributed by atoms with van der Waals surface area (Å²) in [5.41, 5.74) is 0. The lowest BCUT2D eigenvalue weighted by molar-refractivity contribution is -0.123. The summed E-state index contributed by atoms with van der Waals surface area (Å²) in [5, 5.41) is 2.68. The summed E-state index contributed by atoms with van der Waals surface area (Å²) in [5.74, 6) is 0.204. The minimum atomic E-state index is -0.0370. The van der Waals surface area contributed by atoms with E-state index in [9.17, 15) is 4.79 Å². The maximum absolute atomic E-state index is 10.1. The second kappa shape index (κ2) is 8.97. The van der Waals surface area contributed by atoms with Crippen LogP contribution in [0.15, 0.2) is 0 Å². The van der Waals surface area contributed by atoms with Crippen LogP contribution < -0.4 is 5.32 Å². The number of carbonyl (C=O) groups excluding carboxylic acids is 1. The van der Waals surface area contributed by atoms with E-state index in [0.717, 1.165) is 32.6 Å². The first-order valence-electron chi connectivity index (χ1n) is 5.20. The first kappa shape index (κ1) is 13.4. The summed E-state index contributed by atoms with van der Waals surface area (Å²) in [6, 6.07) is 0. The number of rotatable bonds is 4. The maximum atomic E-state index is 10.1. The van der Waals surface area contributed by atoms with E-state index in [4.69, 9.17) is 9.47 Å². The summed E-state index contributed by atoms with van der Waals surface area (Å²) < 4.78 is 10.1. The van der Waals surface area contributed by atoms with Gasteiger partial charge in [0.1, 0.15) is 0 Å². The van der Waals surface area contributed by atoms with E-state index in [1.807, 2.05) is 20.8 Å². The average Bonchev–Trinajstić information content (AvgIpc) is 2.58. The Kier molecular flexibility index (Phi) is 8.57. The van der Waals surface area contributed by atoms with Gasteiger partial charge in [0, 0.05) is 26.2 Å². The van der Waals surface area contributed by atoms with Crippen LogP contribution in [0.25, 0.3) is 0 Å².